The maximum Gasteiger partial charge on any atom is 0.308 e. The largest absolute Gasteiger partial charge is 0.481 e. The van der Waals surface area contributed by atoms with Crippen molar-refractivity contribution >= 4 is 17.8 Å². The van der Waals surface area contributed by atoms with Crippen LogP contribution in [0, 0.1) is 11.3 Å². The quantitative estimate of drug-likeness (QED) is 0.806. The van der Waals surface area contributed by atoms with E-state index in [-0.39, 0.29) is 24.3 Å². The van der Waals surface area contributed by atoms with E-state index in [1.54, 1.807) is 4.90 Å². The SMILES string of the molecule is CNC(=O)C1(C(=O)N2C[C@H](C(=O)O)[C@H](c3ccccc3)C2)CC1. The topological polar surface area (TPSA) is 86.7 Å². The molecule has 2 aliphatic rings. The van der Waals surface area contributed by atoms with E-state index in [1.807, 2.05) is 30.3 Å². The number of hydrogen-bond donors (Lipinski definition) is 2. The standard InChI is InChI=1S/C17H20N2O4/c1-18-15(22)17(7-8-17)16(23)19-9-12(13(10-19)14(20)21)11-5-3-2-4-6-11/h2-6,12-13H,7-10H2,1H3,(H,18,22)(H,20,21)/t12-,13-/m0/s1. The van der Waals surface area contributed by atoms with Crippen molar-refractivity contribution in [2.45, 2.75) is 18.8 Å². The number of carboxylic acids is 1. The lowest BCUT2D eigenvalue weighted by atomic mass is 9.89. The van der Waals surface area contributed by atoms with Crippen LogP contribution < -0.4 is 5.32 Å². The van der Waals surface area contributed by atoms with Gasteiger partial charge in [-0.1, -0.05) is 30.3 Å². The summed E-state index contributed by atoms with van der Waals surface area (Å²) >= 11 is 0. The Hall–Kier alpha value is -2.37. The van der Waals surface area contributed by atoms with Gasteiger partial charge in [-0.25, -0.2) is 0 Å². The molecule has 1 saturated heterocycles. The Balaban J connectivity index is 1.82. The van der Waals surface area contributed by atoms with Crippen LogP contribution >= 0.6 is 0 Å². The summed E-state index contributed by atoms with van der Waals surface area (Å²) in [6.07, 6.45) is 1.07. The lowest BCUT2D eigenvalue weighted by Crippen LogP contribution is -2.43. The van der Waals surface area contributed by atoms with Crippen molar-refractivity contribution in [3.05, 3.63) is 35.9 Å². The zero-order chi connectivity index (χ0) is 16.6. The molecule has 23 heavy (non-hydrogen) atoms. The molecule has 0 aromatic heterocycles. The van der Waals surface area contributed by atoms with Crippen LogP contribution in [0.3, 0.4) is 0 Å². The van der Waals surface area contributed by atoms with E-state index >= 15 is 0 Å². The molecule has 1 saturated carbocycles. The molecule has 2 fully saturated rings. The van der Waals surface area contributed by atoms with Gasteiger partial charge in [0.25, 0.3) is 0 Å². The molecule has 0 spiro atoms. The van der Waals surface area contributed by atoms with Crippen molar-refractivity contribution in [3.63, 3.8) is 0 Å². The minimum absolute atomic E-state index is 0.159. The third-order valence-electron chi connectivity index (χ3n) is 4.97. The van der Waals surface area contributed by atoms with Crippen LogP contribution in [0.1, 0.15) is 24.3 Å². The van der Waals surface area contributed by atoms with Crippen molar-refractivity contribution in [3.8, 4) is 0 Å². The Morgan fingerprint density at radius 3 is 2.35 bits per heavy atom. The number of hydrogen-bond acceptors (Lipinski definition) is 3. The van der Waals surface area contributed by atoms with Crippen LogP contribution in [0.5, 0.6) is 0 Å². The van der Waals surface area contributed by atoms with Crippen LogP contribution in [-0.2, 0) is 14.4 Å². The molecule has 1 heterocycles. The Bertz CT molecular complexity index is 639. The van der Waals surface area contributed by atoms with Crippen LogP contribution in [0.2, 0.25) is 0 Å². The van der Waals surface area contributed by atoms with E-state index in [4.69, 9.17) is 0 Å². The van der Waals surface area contributed by atoms with Gasteiger partial charge in [-0.3, -0.25) is 14.4 Å². The first-order chi connectivity index (χ1) is 11.0. The van der Waals surface area contributed by atoms with Crippen LogP contribution in [-0.4, -0.2) is 47.9 Å². The average molecular weight is 316 g/mol. The first-order valence-corrected chi connectivity index (χ1v) is 7.79. The molecule has 122 valence electrons. The summed E-state index contributed by atoms with van der Waals surface area (Å²) in [5.74, 6) is -2.28. The predicted octanol–water partition coefficient (Wildman–Crippen LogP) is 0.839. The number of rotatable bonds is 4. The molecule has 1 aliphatic carbocycles. The molecule has 6 heteroatoms. The second-order valence-corrected chi connectivity index (χ2v) is 6.33. The number of carbonyl (C=O) groups excluding carboxylic acids is 2. The summed E-state index contributed by atoms with van der Waals surface area (Å²) in [5, 5.41) is 12.0. The van der Waals surface area contributed by atoms with E-state index in [0.29, 0.717) is 19.4 Å². The van der Waals surface area contributed by atoms with Gasteiger partial charge < -0.3 is 15.3 Å². The second kappa shape index (κ2) is 5.68. The van der Waals surface area contributed by atoms with Gasteiger partial charge in [-0.05, 0) is 18.4 Å². The van der Waals surface area contributed by atoms with Gasteiger partial charge in [0.1, 0.15) is 5.41 Å². The fourth-order valence-electron chi connectivity index (χ4n) is 3.46. The highest BCUT2D eigenvalue weighted by molar-refractivity contribution is 6.08. The average Bonchev–Trinajstić information content (AvgIpc) is 3.25. The first-order valence-electron chi connectivity index (χ1n) is 7.79. The molecule has 0 radical (unpaired) electrons. The van der Waals surface area contributed by atoms with Crippen molar-refractivity contribution in [2.75, 3.05) is 20.1 Å². The molecule has 0 unspecified atom stereocenters. The van der Waals surface area contributed by atoms with E-state index in [1.165, 1.54) is 7.05 Å². The maximum absolute atomic E-state index is 12.7. The van der Waals surface area contributed by atoms with E-state index in [2.05, 4.69) is 5.32 Å². The molecular weight excluding hydrogens is 296 g/mol. The van der Waals surface area contributed by atoms with Gasteiger partial charge in [-0.15, -0.1) is 0 Å². The fourth-order valence-corrected chi connectivity index (χ4v) is 3.46. The minimum atomic E-state index is -0.969. The molecule has 1 aromatic carbocycles. The molecule has 6 nitrogen and oxygen atoms in total. The monoisotopic (exact) mass is 316 g/mol. The molecule has 0 bridgehead atoms. The van der Waals surface area contributed by atoms with E-state index < -0.39 is 17.3 Å². The summed E-state index contributed by atoms with van der Waals surface area (Å²) in [7, 11) is 1.52. The molecule has 3 rings (SSSR count). The van der Waals surface area contributed by atoms with Crippen molar-refractivity contribution in [1.82, 2.24) is 10.2 Å². The number of benzene rings is 1. The number of amides is 2. The molecule has 2 atom stereocenters. The van der Waals surface area contributed by atoms with E-state index in [0.717, 1.165) is 5.56 Å². The Labute approximate surface area is 134 Å². The summed E-state index contributed by atoms with van der Waals surface area (Å²) in [4.78, 5) is 37.9. The number of nitrogens with zero attached hydrogens (tertiary/aromatic N) is 1. The Morgan fingerprint density at radius 2 is 1.83 bits per heavy atom. The van der Waals surface area contributed by atoms with E-state index in [9.17, 15) is 19.5 Å². The summed E-state index contributed by atoms with van der Waals surface area (Å²) in [6.45, 7) is 0.505. The zero-order valence-corrected chi connectivity index (χ0v) is 13.0. The smallest absolute Gasteiger partial charge is 0.308 e. The fraction of sp³-hybridized carbons (Fsp3) is 0.471. The normalized spacial score (nSPS) is 25.0. The first kappa shape index (κ1) is 15.5. The molecule has 2 N–H and O–H groups in total. The number of aliphatic carboxylic acids is 1. The van der Waals surface area contributed by atoms with Gasteiger partial charge in [0, 0.05) is 26.1 Å². The summed E-state index contributed by atoms with van der Waals surface area (Å²) in [6, 6.07) is 9.39. The van der Waals surface area contributed by atoms with Gasteiger partial charge in [-0.2, -0.15) is 0 Å². The predicted molar refractivity (Wildman–Crippen MR) is 82.6 cm³/mol. The number of carboxylic acid groups (broad SMARTS) is 1. The number of carbonyl (C=O) groups is 3. The molecule has 1 aromatic rings. The van der Waals surface area contributed by atoms with Gasteiger partial charge >= 0.3 is 5.97 Å². The van der Waals surface area contributed by atoms with Crippen LogP contribution in [0.15, 0.2) is 30.3 Å². The Kier molecular flexibility index (Phi) is 3.83. The highest BCUT2D eigenvalue weighted by Gasteiger charge is 2.59. The maximum atomic E-state index is 12.7. The van der Waals surface area contributed by atoms with Crippen molar-refractivity contribution in [2.24, 2.45) is 11.3 Å². The highest BCUT2D eigenvalue weighted by atomic mass is 16.4. The lowest BCUT2D eigenvalue weighted by molar-refractivity contribution is -0.144. The van der Waals surface area contributed by atoms with Crippen molar-refractivity contribution in [1.29, 1.82) is 0 Å². The van der Waals surface area contributed by atoms with Crippen molar-refractivity contribution < 1.29 is 19.5 Å². The van der Waals surface area contributed by atoms with Gasteiger partial charge in [0.2, 0.25) is 11.8 Å². The van der Waals surface area contributed by atoms with Crippen LogP contribution in [0.4, 0.5) is 0 Å². The lowest BCUT2D eigenvalue weighted by Gasteiger charge is -2.22. The Morgan fingerprint density at radius 1 is 1.17 bits per heavy atom. The highest BCUT2D eigenvalue weighted by Crippen LogP contribution is 2.49. The minimum Gasteiger partial charge on any atom is -0.481 e. The third-order valence-corrected chi connectivity index (χ3v) is 4.97. The summed E-state index contributed by atoms with van der Waals surface area (Å²) in [5.41, 5.74) is -0.0522. The van der Waals surface area contributed by atoms with Gasteiger partial charge in [0.05, 0.1) is 5.92 Å². The number of likely N-dealkylation sites (tertiary alicyclic amines) is 1. The van der Waals surface area contributed by atoms with Gasteiger partial charge in [0.15, 0.2) is 0 Å². The second-order valence-electron chi connectivity index (χ2n) is 6.33. The van der Waals surface area contributed by atoms with Crippen LogP contribution in [0.25, 0.3) is 0 Å². The molecular formula is C17H20N2O4. The zero-order valence-electron chi connectivity index (χ0n) is 13.0. The molecule has 1 aliphatic heterocycles. The summed E-state index contributed by atoms with van der Waals surface area (Å²) < 4.78 is 0. The third kappa shape index (κ3) is 2.58. The molecule has 2 amide bonds. The number of nitrogens with one attached hydrogen (secondary N) is 1.